The molecule has 0 radical (unpaired) electrons. The number of rotatable bonds is 3. The molecule has 7 heteroatoms. The number of nitrogens with zero attached hydrogens (tertiary/aromatic N) is 3. The summed E-state index contributed by atoms with van der Waals surface area (Å²) in [6, 6.07) is 0. The molecule has 0 N–H and O–H groups in total. The lowest BCUT2D eigenvalue weighted by molar-refractivity contribution is 0.412. The standard InChI is InChI=1S/C10H16ClN3O2S/c1-2-14-9(8-6-4-3-5-7-8)12-13-10(14)17(11,15)16/h8H,2-7H2,1H3. The van der Waals surface area contributed by atoms with Crippen molar-refractivity contribution in [1.82, 2.24) is 14.8 Å². The van der Waals surface area contributed by atoms with Crippen molar-refractivity contribution in [1.29, 1.82) is 0 Å². The molecule has 96 valence electrons. The maximum atomic E-state index is 11.4. The van der Waals surface area contributed by atoms with Crippen LogP contribution in [0.25, 0.3) is 0 Å². The monoisotopic (exact) mass is 277 g/mol. The topological polar surface area (TPSA) is 64.8 Å². The minimum atomic E-state index is -3.80. The smallest absolute Gasteiger partial charge is 0.296 e. The summed E-state index contributed by atoms with van der Waals surface area (Å²) in [6.07, 6.45) is 5.70. The zero-order valence-corrected chi connectivity index (χ0v) is 11.3. The number of hydrogen-bond donors (Lipinski definition) is 0. The Morgan fingerprint density at radius 3 is 2.47 bits per heavy atom. The molecule has 0 aromatic carbocycles. The Morgan fingerprint density at radius 2 is 1.94 bits per heavy atom. The third kappa shape index (κ3) is 2.63. The molecule has 0 aliphatic heterocycles. The predicted molar refractivity (Wildman–Crippen MR) is 64.6 cm³/mol. The lowest BCUT2D eigenvalue weighted by Crippen LogP contribution is -2.14. The van der Waals surface area contributed by atoms with Crippen LogP contribution in [0.1, 0.15) is 50.8 Å². The van der Waals surface area contributed by atoms with Crippen LogP contribution in [0.2, 0.25) is 0 Å². The van der Waals surface area contributed by atoms with Gasteiger partial charge >= 0.3 is 0 Å². The summed E-state index contributed by atoms with van der Waals surface area (Å²) in [5.41, 5.74) is 0. The highest BCUT2D eigenvalue weighted by atomic mass is 35.7. The molecule has 1 aliphatic rings. The Bertz CT molecular complexity index is 492. The van der Waals surface area contributed by atoms with Gasteiger partial charge in [0.05, 0.1) is 0 Å². The van der Waals surface area contributed by atoms with Crippen molar-refractivity contribution >= 4 is 19.7 Å². The lowest BCUT2D eigenvalue weighted by atomic mass is 9.89. The molecule has 1 fully saturated rings. The van der Waals surface area contributed by atoms with Crippen LogP contribution in [0.4, 0.5) is 0 Å². The van der Waals surface area contributed by atoms with Crippen LogP contribution in [0.5, 0.6) is 0 Å². The maximum absolute atomic E-state index is 11.4. The fourth-order valence-electron chi connectivity index (χ4n) is 2.44. The summed E-state index contributed by atoms with van der Waals surface area (Å²) in [4.78, 5) is 0. The van der Waals surface area contributed by atoms with Crippen molar-refractivity contribution < 1.29 is 8.42 Å². The zero-order chi connectivity index (χ0) is 12.5. The highest BCUT2D eigenvalue weighted by Crippen LogP contribution is 2.32. The van der Waals surface area contributed by atoms with E-state index in [2.05, 4.69) is 10.2 Å². The fourth-order valence-corrected chi connectivity index (χ4v) is 3.41. The van der Waals surface area contributed by atoms with E-state index in [1.807, 2.05) is 6.92 Å². The average Bonchev–Trinajstić information content (AvgIpc) is 2.73. The minimum Gasteiger partial charge on any atom is -0.301 e. The van der Waals surface area contributed by atoms with E-state index in [4.69, 9.17) is 10.7 Å². The van der Waals surface area contributed by atoms with Crippen molar-refractivity contribution in [2.75, 3.05) is 0 Å². The highest BCUT2D eigenvalue weighted by molar-refractivity contribution is 8.13. The average molecular weight is 278 g/mol. The Hall–Kier alpha value is -0.620. The normalized spacial score (nSPS) is 18.5. The summed E-state index contributed by atoms with van der Waals surface area (Å²) in [5.74, 6) is 1.09. The van der Waals surface area contributed by atoms with Gasteiger partial charge in [-0.3, -0.25) is 0 Å². The van der Waals surface area contributed by atoms with Gasteiger partial charge in [-0.05, 0) is 19.8 Å². The van der Waals surface area contributed by atoms with Crippen LogP contribution in [0.3, 0.4) is 0 Å². The molecule has 0 spiro atoms. The SMILES string of the molecule is CCn1c(C2CCCCC2)nnc1S(=O)(=O)Cl. The Balaban J connectivity index is 2.38. The molecule has 5 nitrogen and oxygen atoms in total. The molecular weight excluding hydrogens is 262 g/mol. The molecule has 0 bridgehead atoms. The summed E-state index contributed by atoms with van der Waals surface area (Å²) in [5, 5.41) is 7.63. The largest absolute Gasteiger partial charge is 0.301 e. The highest BCUT2D eigenvalue weighted by Gasteiger charge is 2.27. The van der Waals surface area contributed by atoms with E-state index in [1.165, 1.54) is 19.3 Å². The molecule has 0 saturated heterocycles. The van der Waals surface area contributed by atoms with E-state index in [-0.39, 0.29) is 5.16 Å². The second-order valence-electron chi connectivity index (χ2n) is 4.36. The maximum Gasteiger partial charge on any atom is 0.296 e. The van der Waals surface area contributed by atoms with Crippen LogP contribution in [0.15, 0.2) is 5.16 Å². The van der Waals surface area contributed by atoms with E-state index < -0.39 is 9.05 Å². The number of halogens is 1. The predicted octanol–water partition coefficient (Wildman–Crippen LogP) is 2.27. The van der Waals surface area contributed by atoms with Gasteiger partial charge in [0.15, 0.2) is 0 Å². The number of hydrogen-bond acceptors (Lipinski definition) is 4. The second kappa shape index (κ2) is 4.94. The van der Waals surface area contributed by atoms with Gasteiger partial charge < -0.3 is 4.57 Å². The second-order valence-corrected chi connectivity index (χ2v) is 6.82. The first kappa shape index (κ1) is 12.8. The van der Waals surface area contributed by atoms with Gasteiger partial charge in [0.1, 0.15) is 5.82 Å². The molecule has 0 unspecified atom stereocenters. The third-order valence-corrected chi connectivity index (χ3v) is 4.40. The third-order valence-electron chi connectivity index (χ3n) is 3.25. The molecule has 0 atom stereocenters. The Morgan fingerprint density at radius 1 is 1.29 bits per heavy atom. The van der Waals surface area contributed by atoms with Crippen molar-refractivity contribution in [3.63, 3.8) is 0 Å². The van der Waals surface area contributed by atoms with Crippen LogP contribution in [0, 0.1) is 0 Å². The van der Waals surface area contributed by atoms with Crippen molar-refractivity contribution in [3.05, 3.63) is 5.82 Å². The lowest BCUT2D eigenvalue weighted by Gasteiger charge is -2.21. The van der Waals surface area contributed by atoms with E-state index in [1.54, 1.807) is 4.57 Å². The molecule has 2 rings (SSSR count). The minimum absolute atomic E-state index is 0.123. The van der Waals surface area contributed by atoms with E-state index in [9.17, 15) is 8.42 Å². The van der Waals surface area contributed by atoms with Gasteiger partial charge in [-0.2, -0.15) is 0 Å². The first-order chi connectivity index (χ1) is 8.04. The summed E-state index contributed by atoms with van der Waals surface area (Å²) in [7, 11) is 1.54. The van der Waals surface area contributed by atoms with Gasteiger partial charge in [0, 0.05) is 23.1 Å². The van der Waals surface area contributed by atoms with Gasteiger partial charge in [-0.15, -0.1) is 10.2 Å². The number of aromatic nitrogens is 3. The van der Waals surface area contributed by atoms with E-state index in [0.717, 1.165) is 18.7 Å². The van der Waals surface area contributed by atoms with Gasteiger partial charge in [-0.25, -0.2) is 8.42 Å². The first-order valence-electron chi connectivity index (χ1n) is 5.91. The summed E-state index contributed by atoms with van der Waals surface area (Å²) in [6.45, 7) is 2.40. The molecule has 1 aromatic rings. The van der Waals surface area contributed by atoms with Gasteiger partial charge in [-0.1, -0.05) is 19.3 Å². The van der Waals surface area contributed by atoms with E-state index >= 15 is 0 Å². The zero-order valence-electron chi connectivity index (χ0n) is 9.76. The fraction of sp³-hybridized carbons (Fsp3) is 0.800. The summed E-state index contributed by atoms with van der Waals surface area (Å²) < 4.78 is 24.3. The van der Waals surface area contributed by atoms with E-state index in [0.29, 0.717) is 12.5 Å². The molecule has 0 amide bonds. The molecular formula is C10H16ClN3O2S. The molecule has 1 heterocycles. The Labute approximate surface area is 106 Å². The molecule has 1 saturated carbocycles. The van der Waals surface area contributed by atoms with Crippen LogP contribution in [-0.2, 0) is 15.6 Å². The molecule has 17 heavy (non-hydrogen) atoms. The van der Waals surface area contributed by atoms with Crippen molar-refractivity contribution in [2.45, 2.75) is 56.6 Å². The first-order valence-corrected chi connectivity index (χ1v) is 8.22. The van der Waals surface area contributed by atoms with Crippen LogP contribution < -0.4 is 0 Å². The quantitative estimate of drug-likeness (QED) is 0.795. The molecule has 1 aliphatic carbocycles. The summed E-state index contributed by atoms with van der Waals surface area (Å²) >= 11 is 0. The van der Waals surface area contributed by atoms with Crippen molar-refractivity contribution in [3.8, 4) is 0 Å². The van der Waals surface area contributed by atoms with Crippen molar-refractivity contribution in [2.24, 2.45) is 0 Å². The van der Waals surface area contributed by atoms with Gasteiger partial charge in [0.2, 0.25) is 0 Å². The Kier molecular flexibility index (Phi) is 3.73. The van der Waals surface area contributed by atoms with Crippen LogP contribution >= 0.6 is 10.7 Å². The molecule has 1 aromatic heterocycles. The van der Waals surface area contributed by atoms with Gasteiger partial charge in [0.25, 0.3) is 14.2 Å². The van der Waals surface area contributed by atoms with Crippen LogP contribution in [-0.4, -0.2) is 23.2 Å².